The molecular weight excluding hydrogens is 806 g/mol. The SMILES string of the molecule is COc1ccc(C(OC[C@H]2O[C@@H](n3cnc4c(NC(=O)c5ccccc5)ncnc43)C[C@@H]2O[PH](O)(CCC#N)N(C(C)C)C(C)C)(c2ccccc2)c2ccc(OC)cc2)cc1. The van der Waals surface area contributed by atoms with Crippen LogP contribution in [0.3, 0.4) is 0 Å². The molecule has 3 atom stereocenters. The Hall–Kier alpha value is -5.78. The normalized spacial score (nSPS) is 17.1. The molecule has 1 saturated heterocycles. The van der Waals surface area contributed by atoms with Gasteiger partial charge in [0.25, 0.3) is 0 Å². The van der Waals surface area contributed by atoms with E-state index < -0.39 is 31.9 Å². The summed E-state index contributed by atoms with van der Waals surface area (Å²) in [4.78, 5) is 39.4. The van der Waals surface area contributed by atoms with E-state index in [4.69, 9.17) is 23.5 Å². The fourth-order valence-electron chi connectivity index (χ4n) is 8.46. The maximum atomic E-state index is 13.2. The van der Waals surface area contributed by atoms with Gasteiger partial charge in [-0.15, -0.1) is 0 Å². The second kappa shape index (κ2) is 19.5. The number of hydrogen-bond donors (Lipinski definition) is 2. The van der Waals surface area contributed by atoms with Crippen molar-refractivity contribution in [3.8, 4) is 17.6 Å². The topological polar surface area (TPSA) is 166 Å². The second-order valence-corrected chi connectivity index (χ2v) is 18.4. The van der Waals surface area contributed by atoms with Gasteiger partial charge in [-0.1, -0.05) is 18.2 Å². The first-order chi connectivity index (χ1) is 30.0. The van der Waals surface area contributed by atoms with Crippen LogP contribution in [0, 0.1) is 11.3 Å². The summed E-state index contributed by atoms with van der Waals surface area (Å²) < 4.78 is 36.2. The number of nitriles is 1. The molecule has 0 spiro atoms. The Morgan fingerprint density at radius 1 is 0.887 bits per heavy atom. The van der Waals surface area contributed by atoms with Gasteiger partial charge in [0.2, 0.25) is 0 Å². The molecule has 15 heteroatoms. The number of hydrogen-bond acceptors (Lipinski definition) is 12. The predicted molar refractivity (Wildman–Crippen MR) is 239 cm³/mol. The Morgan fingerprint density at radius 2 is 1.47 bits per heavy atom. The predicted octanol–water partition coefficient (Wildman–Crippen LogP) is 8.30. The second-order valence-electron chi connectivity index (χ2n) is 15.7. The summed E-state index contributed by atoms with van der Waals surface area (Å²) in [5, 5.41) is 12.6. The number of benzene rings is 4. The van der Waals surface area contributed by atoms with Crippen LogP contribution in [-0.4, -0.2) is 86.3 Å². The standard InChI is InChI=1S/C47H54N7O7P/c1-32(2)54(33(3)4)62(56,27-13-26-48)61-40-28-42(53-31-51-43-44(49-30-50-45(43)53)52-46(55)34-14-9-7-10-15-34)60-41(40)29-59-47(35-16-11-8-12-17-35,36-18-22-38(57-5)23-19-36)37-20-24-39(58-6)25-21-37/h7-12,14-25,30-33,40-42,56,62H,13,27-29H2,1-6H3,(H,49,50,52,55)/t40-,41+,42+/m0/s1. The van der Waals surface area contributed by atoms with E-state index in [1.165, 1.54) is 6.33 Å². The number of methoxy groups -OCH3 is 2. The summed E-state index contributed by atoms with van der Waals surface area (Å²) in [5.41, 5.74) is 2.68. The van der Waals surface area contributed by atoms with Crippen molar-refractivity contribution in [2.75, 3.05) is 32.3 Å². The molecule has 0 saturated carbocycles. The van der Waals surface area contributed by atoms with Crippen LogP contribution in [0.5, 0.6) is 11.5 Å². The average molecular weight is 860 g/mol. The molecule has 1 fully saturated rings. The monoisotopic (exact) mass is 859 g/mol. The van der Waals surface area contributed by atoms with E-state index in [0.29, 0.717) is 28.2 Å². The summed E-state index contributed by atoms with van der Waals surface area (Å²) in [7, 11) is -0.538. The molecule has 3 heterocycles. The zero-order chi connectivity index (χ0) is 43.9. The Labute approximate surface area is 363 Å². The van der Waals surface area contributed by atoms with Crippen LogP contribution in [0.4, 0.5) is 5.82 Å². The van der Waals surface area contributed by atoms with Crippen LogP contribution in [0.25, 0.3) is 11.2 Å². The average Bonchev–Trinajstić information content (AvgIpc) is 3.91. The van der Waals surface area contributed by atoms with E-state index in [1.54, 1.807) is 49.4 Å². The number of ether oxygens (including phenoxy) is 4. The fourth-order valence-corrected chi connectivity index (χ4v) is 11.7. The number of nitrogens with one attached hydrogen (secondary N) is 1. The molecular formula is C47H54N7O7P. The number of amides is 1. The van der Waals surface area contributed by atoms with Crippen molar-refractivity contribution < 1.29 is 33.2 Å². The van der Waals surface area contributed by atoms with Crippen molar-refractivity contribution >= 4 is 30.8 Å². The first kappa shape index (κ1) is 44.3. The Morgan fingerprint density at radius 3 is 2.03 bits per heavy atom. The third-order valence-corrected chi connectivity index (χ3v) is 14.6. The van der Waals surface area contributed by atoms with Crippen LogP contribution >= 0.6 is 7.87 Å². The summed E-state index contributed by atoms with van der Waals surface area (Å²) in [6, 6.07) is 36.5. The van der Waals surface area contributed by atoms with Gasteiger partial charge in [-0.2, -0.15) is 0 Å². The third-order valence-electron chi connectivity index (χ3n) is 11.2. The molecule has 2 N–H and O–H groups in total. The van der Waals surface area contributed by atoms with Crippen LogP contribution in [0.2, 0.25) is 0 Å². The molecule has 0 aliphatic carbocycles. The van der Waals surface area contributed by atoms with Gasteiger partial charge in [0, 0.05) is 0 Å². The molecule has 7 rings (SSSR count). The van der Waals surface area contributed by atoms with Crippen LogP contribution in [-0.2, 0) is 19.6 Å². The Kier molecular flexibility index (Phi) is 13.9. The summed E-state index contributed by atoms with van der Waals surface area (Å²) in [6.07, 6.45) is 1.43. The number of fused-ring (bicyclic) bond motifs is 1. The molecule has 1 aliphatic heterocycles. The van der Waals surface area contributed by atoms with Gasteiger partial charge in [-0.05, 0) is 0 Å². The van der Waals surface area contributed by atoms with Gasteiger partial charge >= 0.3 is 346 Å². The van der Waals surface area contributed by atoms with Gasteiger partial charge in [-0.3, -0.25) is 0 Å². The number of carbonyl (C=O) groups excluding carboxylic acids is 1. The van der Waals surface area contributed by atoms with Crippen molar-refractivity contribution in [3.05, 3.63) is 144 Å². The van der Waals surface area contributed by atoms with Crippen molar-refractivity contribution in [3.63, 3.8) is 0 Å². The van der Waals surface area contributed by atoms with Crippen LogP contribution in [0.1, 0.15) is 73.8 Å². The van der Waals surface area contributed by atoms with Gasteiger partial charge in [0.1, 0.15) is 0 Å². The van der Waals surface area contributed by atoms with Crippen molar-refractivity contribution in [1.82, 2.24) is 24.2 Å². The van der Waals surface area contributed by atoms with Crippen molar-refractivity contribution in [1.29, 1.82) is 5.26 Å². The number of rotatable bonds is 18. The summed E-state index contributed by atoms with van der Waals surface area (Å²) >= 11 is 0. The zero-order valence-corrected chi connectivity index (χ0v) is 36.8. The number of anilines is 1. The molecule has 1 aliphatic rings. The molecule has 0 unspecified atom stereocenters. The van der Waals surface area contributed by atoms with Crippen molar-refractivity contribution in [2.45, 2.75) is 76.7 Å². The van der Waals surface area contributed by atoms with E-state index in [9.17, 15) is 14.9 Å². The minimum atomic E-state index is -3.80. The number of carbonyl (C=O) groups is 1. The summed E-state index contributed by atoms with van der Waals surface area (Å²) in [6.45, 7) is 8.09. The number of aromatic nitrogens is 4. The van der Waals surface area contributed by atoms with Gasteiger partial charge < -0.3 is 0 Å². The van der Waals surface area contributed by atoms with E-state index in [2.05, 4.69) is 26.3 Å². The molecule has 0 radical (unpaired) electrons. The first-order valence-corrected chi connectivity index (χ1v) is 22.8. The van der Waals surface area contributed by atoms with Gasteiger partial charge in [0.15, 0.2) is 0 Å². The van der Waals surface area contributed by atoms with Crippen LogP contribution < -0.4 is 14.8 Å². The molecule has 1 amide bonds. The van der Waals surface area contributed by atoms with E-state index in [-0.39, 0.29) is 49.4 Å². The molecule has 324 valence electrons. The summed E-state index contributed by atoms with van der Waals surface area (Å²) in [5.74, 6) is 1.31. The maximum absolute atomic E-state index is 13.2. The number of imidazole rings is 1. The number of nitrogens with zero attached hydrogens (tertiary/aromatic N) is 6. The van der Waals surface area contributed by atoms with E-state index in [1.807, 2.05) is 117 Å². The molecule has 6 aromatic rings. The molecule has 4 aromatic carbocycles. The molecule has 62 heavy (non-hydrogen) atoms. The van der Waals surface area contributed by atoms with E-state index >= 15 is 0 Å². The third kappa shape index (κ3) is 9.20. The van der Waals surface area contributed by atoms with Crippen LogP contribution in [0.15, 0.2) is 122 Å². The van der Waals surface area contributed by atoms with Gasteiger partial charge in [-0.25, -0.2) is 0 Å². The Balaban J connectivity index is 1.30. The molecule has 0 bridgehead atoms. The molecule has 2 aromatic heterocycles. The minimum absolute atomic E-state index is 0.0141. The first-order valence-electron chi connectivity index (χ1n) is 20.7. The van der Waals surface area contributed by atoms with Gasteiger partial charge in [0.05, 0.1) is 0 Å². The quantitative estimate of drug-likeness (QED) is 0.0628. The zero-order valence-electron chi connectivity index (χ0n) is 35.8. The fraction of sp³-hybridized carbons (Fsp3) is 0.340. The molecule has 14 nitrogen and oxygen atoms in total. The Bertz CT molecular complexity index is 2390. The van der Waals surface area contributed by atoms with E-state index in [0.717, 1.165) is 16.7 Å². The van der Waals surface area contributed by atoms with Crippen molar-refractivity contribution in [2.24, 2.45) is 0 Å².